The normalized spacial score (nSPS) is 12.5. The summed E-state index contributed by atoms with van der Waals surface area (Å²) in [7, 11) is 1.95. The SMILES string of the molecule is CNC(c1ccc(C)nc1)c1ccc2ccccc2n1. The molecule has 3 heteroatoms. The fourth-order valence-corrected chi connectivity index (χ4v) is 2.38. The van der Waals surface area contributed by atoms with Gasteiger partial charge in [0.2, 0.25) is 0 Å². The first kappa shape index (κ1) is 12.8. The summed E-state index contributed by atoms with van der Waals surface area (Å²) in [5, 5.41) is 4.48. The first-order valence-electron chi connectivity index (χ1n) is 6.73. The first-order valence-corrected chi connectivity index (χ1v) is 6.73. The monoisotopic (exact) mass is 263 g/mol. The molecular weight excluding hydrogens is 246 g/mol. The molecule has 3 aromatic rings. The molecule has 0 aliphatic rings. The second kappa shape index (κ2) is 5.39. The van der Waals surface area contributed by atoms with Gasteiger partial charge in [-0.05, 0) is 37.7 Å². The third-order valence-electron chi connectivity index (χ3n) is 3.47. The van der Waals surface area contributed by atoms with Crippen LogP contribution in [-0.4, -0.2) is 17.0 Å². The van der Waals surface area contributed by atoms with Crippen molar-refractivity contribution in [3.63, 3.8) is 0 Å². The molecule has 3 nitrogen and oxygen atoms in total. The number of rotatable bonds is 3. The topological polar surface area (TPSA) is 37.8 Å². The van der Waals surface area contributed by atoms with Gasteiger partial charge in [0.05, 0.1) is 17.3 Å². The van der Waals surface area contributed by atoms with Crippen LogP contribution in [0.5, 0.6) is 0 Å². The second-order valence-electron chi connectivity index (χ2n) is 4.88. The van der Waals surface area contributed by atoms with E-state index in [-0.39, 0.29) is 6.04 Å². The highest BCUT2D eigenvalue weighted by atomic mass is 14.9. The number of hydrogen-bond donors (Lipinski definition) is 1. The Morgan fingerprint density at radius 3 is 2.60 bits per heavy atom. The lowest BCUT2D eigenvalue weighted by molar-refractivity contribution is 0.670. The molecule has 3 rings (SSSR count). The van der Waals surface area contributed by atoms with E-state index in [0.29, 0.717) is 0 Å². The zero-order valence-electron chi connectivity index (χ0n) is 11.7. The molecule has 2 aromatic heterocycles. The van der Waals surface area contributed by atoms with Gasteiger partial charge in [0.25, 0.3) is 0 Å². The number of nitrogens with one attached hydrogen (secondary N) is 1. The van der Waals surface area contributed by atoms with E-state index in [4.69, 9.17) is 4.98 Å². The van der Waals surface area contributed by atoms with Crippen LogP contribution in [0.2, 0.25) is 0 Å². The number of hydrogen-bond acceptors (Lipinski definition) is 3. The van der Waals surface area contributed by atoms with Gasteiger partial charge in [-0.15, -0.1) is 0 Å². The van der Waals surface area contributed by atoms with Crippen molar-refractivity contribution in [1.82, 2.24) is 15.3 Å². The minimum atomic E-state index is 0.0627. The van der Waals surface area contributed by atoms with E-state index < -0.39 is 0 Å². The van der Waals surface area contributed by atoms with Crippen LogP contribution >= 0.6 is 0 Å². The zero-order valence-corrected chi connectivity index (χ0v) is 11.7. The van der Waals surface area contributed by atoms with Gasteiger partial charge >= 0.3 is 0 Å². The highest BCUT2D eigenvalue weighted by Crippen LogP contribution is 2.22. The minimum Gasteiger partial charge on any atom is -0.308 e. The standard InChI is InChI=1S/C17H17N3/c1-12-7-8-14(11-19-12)17(18-2)16-10-9-13-5-3-4-6-15(13)20-16/h3-11,17-18H,1-2H3. The fourth-order valence-electron chi connectivity index (χ4n) is 2.38. The third-order valence-corrected chi connectivity index (χ3v) is 3.47. The van der Waals surface area contributed by atoms with Gasteiger partial charge in [-0.25, -0.2) is 0 Å². The van der Waals surface area contributed by atoms with Crippen molar-refractivity contribution in [2.75, 3.05) is 7.05 Å². The number of aromatic nitrogens is 2. The van der Waals surface area contributed by atoms with Crippen LogP contribution in [0.4, 0.5) is 0 Å². The van der Waals surface area contributed by atoms with Crippen LogP contribution in [0.25, 0.3) is 10.9 Å². The lowest BCUT2D eigenvalue weighted by Gasteiger charge is -2.16. The van der Waals surface area contributed by atoms with Crippen molar-refractivity contribution in [3.8, 4) is 0 Å². The van der Waals surface area contributed by atoms with Crippen LogP contribution in [0, 0.1) is 6.92 Å². The van der Waals surface area contributed by atoms with Crippen LogP contribution < -0.4 is 5.32 Å². The molecule has 0 amide bonds. The number of fused-ring (bicyclic) bond motifs is 1. The maximum absolute atomic E-state index is 4.75. The number of benzene rings is 1. The molecule has 0 bridgehead atoms. The van der Waals surface area contributed by atoms with E-state index in [2.05, 4.69) is 34.6 Å². The van der Waals surface area contributed by atoms with Gasteiger partial charge in [0, 0.05) is 17.3 Å². The summed E-state index contributed by atoms with van der Waals surface area (Å²) in [6.07, 6.45) is 1.91. The van der Waals surface area contributed by atoms with E-state index in [9.17, 15) is 0 Å². The van der Waals surface area contributed by atoms with E-state index in [1.807, 2.05) is 44.4 Å². The summed E-state index contributed by atoms with van der Waals surface area (Å²) < 4.78 is 0. The molecule has 0 saturated heterocycles. The lowest BCUT2D eigenvalue weighted by atomic mass is 10.0. The average molecular weight is 263 g/mol. The summed E-state index contributed by atoms with van der Waals surface area (Å²) in [4.78, 5) is 9.12. The number of nitrogens with zero attached hydrogens (tertiary/aromatic N) is 2. The van der Waals surface area contributed by atoms with Gasteiger partial charge in [-0.1, -0.05) is 30.3 Å². The van der Waals surface area contributed by atoms with Gasteiger partial charge in [0.1, 0.15) is 0 Å². The molecule has 1 atom stereocenters. The molecule has 100 valence electrons. The van der Waals surface area contributed by atoms with Gasteiger partial charge in [-0.3, -0.25) is 9.97 Å². The van der Waals surface area contributed by atoms with E-state index in [0.717, 1.165) is 27.9 Å². The maximum Gasteiger partial charge on any atom is 0.0764 e. The van der Waals surface area contributed by atoms with Crippen molar-refractivity contribution < 1.29 is 0 Å². The van der Waals surface area contributed by atoms with Crippen LogP contribution in [-0.2, 0) is 0 Å². The summed E-state index contributed by atoms with van der Waals surface area (Å²) in [6, 6.07) is 16.5. The van der Waals surface area contributed by atoms with Gasteiger partial charge < -0.3 is 5.32 Å². The summed E-state index contributed by atoms with van der Waals surface area (Å²) in [5.74, 6) is 0. The Bertz CT molecular complexity index is 720. The maximum atomic E-state index is 4.75. The smallest absolute Gasteiger partial charge is 0.0764 e. The Morgan fingerprint density at radius 1 is 1.00 bits per heavy atom. The van der Waals surface area contributed by atoms with Crippen LogP contribution in [0.1, 0.15) is 23.0 Å². The molecule has 1 unspecified atom stereocenters. The van der Waals surface area contributed by atoms with Crippen molar-refractivity contribution in [2.24, 2.45) is 0 Å². The summed E-state index contributed by atoms with van der Waals surface area (Å²) in [6.45, 7) is 1.99. The van der Waals surface area contributed by atoms with Crippen molar-refractivity contribution in [3.05, 3.63) is 71.7 Å². The summed E-state index contributed by atoms with van der Waals surface area (Å²) in [5.41, 5.74) is 4.18. The second-order valence-corrected chi connectivity index (χ2v) is 4.88. The predicted molar refractivity (Wildman–Crippen MR) is 81.6 cm³/mol. The van der Waals surface area contributed by atoms with Crippen LogP contribution in [0.3, 0.4) is 0 Å². The number of aryl methyl sites for hydroxylation is 1. The molecule has 0 radical (unpaired) electrons. The highest BCUT2D eigenvalue weighted by Gasteiger charge is 2.14. The van der Waals surface area contributed by atoms with E-state index in [1.54, 1.807) is 0 Å². The van der Waals surface area contributed by atoms with Gasteiger partial charge in [0.15, 0.2) is 0 Å². The van der Waals surface area contributed by atoms with E-state index >= 15 is 0 Å². The molecule has 0 aliphatic carbocycles. The minimum absolute atomic E-state index is 0.0627. The Balaban J connectivity index is 2.04. The molecule has 0 aliphatic heterocycles. The quantitative estimate of drug-likeness (QED) is 0.788. The molecule has 2 heterocycles. The summed E-state index contributed by atoms with van der Waals surface area (Å²) >= 11 is 0. The Labute approximate surface area is 118 Å². The molecule has 0 saturated carbocycles. The fraction of sp³-hybridized carbons (Fsp3) is 0.176. The molecule has 1 N–H and O–H groups in total. The zero-order chi connectivity index (χ0) is 13.9. The van der Waals surface area contributed by atoms with Crippen LogP contribution in [0.15, 0.2) is 54.7 Å². The average Bonchev–Trinajstić information content (AvgIpc) is 2.50. The van der Waals surface area contributed by atoms with Crippen molar-refractivity contribution in [2.45, 2.75) is 13.0 Å². The molecule has 1 aromatic carbocycles. The Kier molecular flexibility index (Phi) is 3.44. The molecule has 0 fully saturated rings. The number of para-hydroxylation sites is 1. The van der Waals surface area contributed by atoms with Crippen molar-refractivity contribution >= 4 is 10.9 Å². The first-order chi connectivity index (χ1) is 9.78. The third kappa shape index (κ3) is 2.40. The Hall–Kier alpha value is -2.26. The van der Waals surface area contributed by atoms with Gasteiger partial charge in [-0.2, -0.15) is 0 Å². The van der Waals surface area contributed by atoms with Crippen molar-refractivity contribution in [1.29, 1.82) is 0 Å². The largest absolute Gasteiger partial charge is 0.308 e. The number of pyridine rings is 2. The lowest BCUT2D eigenvalue weighted by Crippen LogP contribution is -2.19. The molecule has 20 heavy (non-hydrogen) atoms. The van der Waals surface area contributed by atoms with E-state index in [1.165, 1.54) is 0 Å². The molecule has 0 spiro atoms. The predicted octanol–water partition coefficient (Wildman–Crippen LogP) is 3.25. The highest BCUT2D eigenvalue weighted by molar-refractivity contribution is 5.78. The Morgan fingerprint density at radius 2 is 1.85 bits per heavy atom. The molecular formula is C17H17N3.